The smallest absolute Gasteiger partial charge is 0.223 e. The van der Waals surface area contributed by atoms with E-state index in [1.165, 1.54) is 4.90 Å². The van der Waals surface area contributed by atoms with E-state index in [1.807, 2.05) is 24.8 Å². The molecule has 140 valence electrons. The maximum Gasteiger partial charge on any atom is 0.223 e. The zero-order valence-electron chi connectivity index (χ0n) is 15.0. The van der Waals surface area contributed by atoms with Crippen LogP contribution in [-0.4, -0.2) is 43.3 Å². The first-order valence-corrected chi connectivity index (χ1v) is 9.58. The van der Waals surface area contributed by atoms with E-state index in [1.54, 1.807) is 0 Å². The van der Waals surface area contributed by atoms with E-state index in [4.69, 9.17) is 0 Å². The van der Waals surface area contributed by atoms with E-state index in [0.717, 1.165) is 31.9 Å². The maximum atomic E-state index is 11.6. The van der Waals surface area contributed by atoms with Crippen LogP contribution in [-0.2, 0) is 4.79 Å². The molecule has 1 aliphatic carbocycles. The fraction of sp³-hybridized carbons (Fsp3) is 0.556. The Morgan fingerprint density at radius 2 is 1.88 bits per heavy atom. The highest BCUT2D eigenvalue weighted by Gasteiger charge is 2.28. The number of amides is 1. The molecule has 1 atom stereocenters. The molecule has 1 amide bonds. The lowest BCUT2D eigenvalue weighted by atomic mass is 10.4. The molecule has 3 N–H and O–H groups in total. The minimum Gasteiger partial charge on any atom is -0.357 e. The highest BCUT2D eigenvalue weighted by Crippen LogP contribution is 2.28. The Hall–Kier alpha value is -0.960. The third kappa shape index (κ3) is 9.34. The Morgan fingerprint density at radius 1 is 1.20 bits per heavy atom. The van der Waals surface area contributed by atoms with Crippen molar-refractivity contribution in [3.8, 4) is 0 Å². The summed E-state index contributed by atoms with van der Waals surface area (Å²) in [5, 5.41) is 9.86. The molecule has 1 aromatic carbocycles. The summed E-state index contributed by atoms with van der Waals surface area (Å²) in [6, 6.07) is 10.4. The third-order valence-corrected chi connectivity index (χ3v) is 4.69. The van der Waals surface area contributed by atoms with Crippen molar-refractivity contribution in [2.24, 2.45) is 10.9 Å². The molecular weight excluding hydrogens is 447 g/mol. The van der Waals surface area contributed by atoms with Crippen molar-refractivity contribution in [3.63, 3.8) is 0 Å². The molecule has 7 heteroatoms. The predicted octanol–water partition coefficient (Wildman–Crippen LogP) is 2.87. The molecule has 0 aromatic heterocycles. The van der Waals surface area contributed by atoms with Crippen molar-refractivity contribution >= 4 is 47.6 Å². The van der Waals surface area contributed by atoms with Crippen LogP contribution in [0.25, 0.3) is 0 Å². The van der Waals surface area contributed by atoms with Gasteiger partial charge in [0.05, 0.1) is 6.54 Å². The van der Waals surface area contributed by atoms with Crippen LogP contribution in [0.3, 0.4) is 0 Å². The van der Waals surface area contributed by atoms with Gasteiger partial charge in [-0.25, -0.2) is 0 Å². The predicted molar refractivity (Wildman–Crippen MR) is 117 cm³/mol. The topological polar surface area (TPSA) is 65.5 Å². The molecule has 1 saturated carbocycles. The number of hydrogen-bond donors (Lipinski definition) is 3. The van der Waals surface area contributed by atoms with E-state index < -0.39 is 0 Å². The van der Waals surface area contributed by atoms with Gasteiger partial charge in [-0.1, -0.05) is 25.1 Å². The second kappa shape index (κ2) is 12.4. The Morgan fingerprint density at radius 3 is 2.52 bits per heavy atom. The summed E-state index contributed by atoms with van der Waals surface area (Å²) in [6.45, 7) is 7.11. The van der Waals surface area contributed by atoms with E-state index >= 15 is 0 Å². The first kappa shape index (κ1) is 22.1. The number of aliphatic imine (C=N–C) groups is 1. The number of rotatable bonds is 9. The van der Waals surface area contributed by atoms with Crippen LogP contribution < -0.4 is 16.0 Å². The van der Waals surface area contributed by atoms with Crippen molar-refractivity contribution in [2.75, 3.05) is 26.2 Å². The standard InChI is InChI=1S/C18H28N4OS.HI/c1-3-19-18(21-12-11-20-17(23)15-9-10-15)22-13-14(2)24-16-7-5-4-6-8-16;/h4-8,14-15H,3,9-13H2,1-2H3,(H,20,23)(H2,19,21,22);1H. The highest BCUT2D eigenvalue weighted by molar-refractivity contribution is 14.0. The Balaban J connectivity index is 0.00000312. The average molecular weight is 476 g/mol. The first-order valence-electron chi connectivity index (χ1n) is 8.70. The summed E-state index contributed by atoms with van der Waals surface area (Å²) in [6.07, 6.45) is 2.08. The minimum absolute atomic E-state index is 0. The quantitative estimate of drug-likeness (QED) is 0.169. The van der Waals surface area contributed by atoms with Crippen LogP contribution in [0, 0.1) is 5.92 Å². The first-order chi connectivity index (χ1) is 11.7. The van der Waals surface area contributed by atoms with Gasteiger partial charge in [0.25, 0.3) is 0 Å². The SMILES string of the molecule is CCNC(=NCC(C)Sc1ccccc1)NCCNC(=O)C1CC1.I. The van der Waals surface area contributed by atoms with Crippen molar-refractivity contribution < 1.29 is 4.79 Å². The number of benzene rings is 1. The van der Waals surface area contributed by atoms with Crippen LogP contribution in [0.2, 0.25) is 0 Å². The lowest BCUT2D eigenvalue weighted by Crippen LogP contribution is -2.42. The maximum absolute atomic E-state index is 11.6. The van der Waals surface area contributed by atoms with Gasteiger partial charge in [-0.05, 0) is 31.9 Å². The van der Waals surface area contributed by atoms with Crippen LogP contribution in [0.1, 0.15) is 26.7 Å². The largest absolute Gasteiger partial charge is 0.357 e. The number of hydrogen-bond acceptors (Lipinski definition) is 3. The van der Waals surface area contributed by atoms with Crippen LogP contribution in [0.4, 0.5) is 0 Å². The highest BCUT2D eigenvalue weighted by atomic mass is 127. The van der Waals surface area contributed by atoms with Crippen molar-refractivity contribution in [2.45, 2.75) is 36.8 Å². The second-order valence-corrected chi connectivity index (χ2v) is 7.47. The molecule has 1 unspecified atom stereocenters. The lowest BCUT2D eigenvalue weighted by Gasteiger charge is -2.13. The molecule has 0 saturated heterocycles. The van der Waals surface area contributed by atoms with Crippen LogP contribution >= 0.6 is 35.7 Å². The lowest BCUT2D eigenvalue weighted by molar-refractivity contribution is -0.122. The third-order valence-electron chi connectivity index (χ3n) is 3.60. The molecule has 1 fully saturated rings. The summed E-state index contributed by atoms with van der Waals surface area (Å²) in [7, 11) is 0. The fourth-order valence-corrected chi connectivity index (χ4v) is 3.11. The summed E-state index contributed by atoms with van der Waals surface area (Å²) in [4.78, 5) is 17.5. The van der Waals surface area contributed by atoms with Gasteiger partial charge in [0.1, 0.15) is 0 Å². The van der Waals surface area contributed by atoms with Gasteiger partial charge in [0, 0.05) is 35.7 Å². The molecule has 0 bridgehead atoms. The minimum atomic E-state index is 0. The molecule has 0 radical (unpaired) electrons. The molecule has 0 spiro atoms. The molecule has 1 aliphatic rings. The molecule has 1 aromatic rings. The van der Waals surface area contributed by atoms with Gasteiger partial charge >= 0.3 is 0 Å². The number of thioether (sulfide) groups is 1. The summed E-state index contributed by atoms with van der Waals surface area (Å²) >= 11 is 1.83. The zero-order valence-corrected chi connectivity index (χ0v) is 18.1. The van der Waals surface area contributed by atoms with Gasteiger partial charge in [-0.2, -0.15) is 0 Å². The van der Waals surface area contributed by atoms with Gasteiger partial charge < -0.3 is 16.0 Å². The molecule has 2 rings (SSSR count). The van der Waals surface area contributed by atoms with E-state index in [-0.39, 0.29) is 35.8 Å². The van der Waals surface area contributed by atoms with E-state index in [2.05, 4.69) is 52.1 Å². The Kier molecular flexibility index (Phi) is 11.0. The number of nitrogens with one attached hydrogen (secondary N) is 3. The van der Waals surface area contributed by atoms with Gasteiger partial charge in [0.15, 0.2) is 5.96 Å². The van der Waals surface area contributed by atoms with Gasteiger partial charge in [-0.3, -0.25) is 9.79 Å². The van der Waals surface area contributed by atoms with Crippen LogP contribution in [0.15, 0.2) is 40.2 Å². The summed E-state index contributed by atoms with van der Waals surface area (Å²) in [5.74, 6) is 1.26. The number of carbonyl (C=O) groups is 1. The van der Waals surface area contributed by atoms with Gasteiger partial charge in [0.2, 0.25) is 5.91 Å². The monoisotopic (exact) mass is 476 g/mol. The Labute approximate surface area is 172 Å². The number of halogens is 1. The molecule has 0 aliphatic heterocycles. The van der Waals surface area contributed by atoms with E-state index in [9.17, 15) is 4.79 Å². The molecule has 5 nitrogen and oxygen atoms in total. The Bertz CT molecular complexity index is 537. The van der Waals surface area contributed by atoms with E-state index in [0.29, 0.717) is 18.3 Å². The zero-order chi connectivity index (χ0) is 17.2. The molecule has 0 heterocycles. The fourth-order valence-electron chi connectivity index (χ4n) is 2.19. The van der Waals surface area contributed by atoms with Crippen molar-refractivity contribution in [1.82, 2.24) is 16.0 Å². The number of nitrogens with zero attached hydrogens (tertiary/aromatic N) is 1. The number of guanidine groups is 1. The normalized spacial score (nSPS) is 15.0. The molecular formula is C18H29IN4OS. The average Bonchev–Trinajstić information content (AvgIpc) is 3.42. The van der Waals surface area contributed by atoms with Crippen LogP contribution in [0.5, 0.6) is 0 Å². The molecule has 25 heavy (non-hydrogen) atoms. The second-order valence-electron chi connectivity index (χ2n) is 5.95. The van der Waals surface area contributed by atoms with Crippen molar-refractivity contribution in [1.29, 1.82) is 0 Å². The summed E-state index contributed by atoms with van der Waals surface area (Å²) in [5.41, 5.74) is 0. The van der Waals surface area contributed by atoms with Crippen molar-refractivity contribution in [3.05, 3.63) is 30.3 Å². The number of carbonyl (C=O) groups excluding carboxylic acids is 1. The van der Waals surface area contributed by atoms with Gasteiger partial charge in [-0.15, -0.1) is 35.7 Å². The summed E-state index contributed by atoms with van der Waals surface area (Å²) < 4.78 is 0.